The average molecular weight is 218 g/mol. The first-order valence-corrected chi connectivity index (χ1v) is 4.06. The van der Waals surface area contributed by atoms with Gasteiger partial charge in [-0.3, -0.25) is 14.3 Å². The molecule has 13 heavy (non-hydrogen) atoms. The Balaban J connectivity index is 3.73. The van der Waals surface area contributed by atoms with E-state index in [0.717, 1.165) is 4.57 Å². The predicted molar refractivity (Wildman–Crippen MR) is 54.7 cm³/mol. The van der Waals surface area contributed by atoms with Crippen molar-refractivity contribution in [2.75, 3.05) is 0 Å². The summed E-state index contributed by atoms with van der Waals surface area (Å²) in [6.07, 6.45) is 0. The van der Waals surface area contributed by atoms with E-state index in [1.54, 1.807) is 0 Å². The lowest BCUT2D eigenvalue weighted by molar-refractivity contribution is 0.417. The highest BCUT2D eigenvalue weighted by Crippen LogP contribution is 2.10. The lowest BCUT2D eigenvalue weighted by Crippen LogP contribution is -2.31. The van der Waals surface area contributed by atoms with E-state index in [4.69, 9.17) is 0 Å². The summed E-state index contributed by atoms with van der Waals surface area (Å²) in [5.41, 5.74) is -1.60. The Kier molecular flexibility index (Phi) is 2.58. The first-order valence-electron chi connectivity index (χ1n) is 3.20. The van der Waals surface area contributed by atoms with E-state index in [2.05, 4.69) is 24.8 Å². The Morgan fingerprint density at radius 1 is 1.62 bits per heavy atom. The molecule has 0 unspecified atom stereocenters. The summed E-state index contributed by atoms with van der Waals surface area (Å²) in [7, 11) is 1.31. The molecule has 0 amide bonds. The van der Waals surface area contributed by atoms with Crippen LogP contribution in [0.4, 0.5) is 0 Å². The molecule has 0 radical (unpaired) electrons. The fourth-order valence-electron chi connectivity index (χ4n) is 0.802. The van der Waals surface area contributed by atoms with Crippen LogP contribution in [0.5, 0.6) is 5.88 Å². The number of thiol groups is 1. The molecule has 0 aliphatic rings. The Labute approximate surface area is 83.4 Å². The molecule has 2 N–H and O–H groups in total. The molecular weight excluding hydrogens is 212 g/mol. The van der Waals surface area contributed by atoms with E-state index in [1.807, 2.05) is 4.98 Å². The van der Waals surface area contributed by atoms with E-state index in [1.165, 1.54) is 7.05 Å². The number of rotatable bonds is 1. The number of aromatic hydroxyl groups is 1. The summed E-state index contributed by atoms with van der Waals surface area (Å²) in [4.78, 5) is 24.0. The van der Waals surface area contributed by atoms with Gasteiger partial charge in [0.1, 0.15) is 5.56 Å². The van der Waals surface area contributed by atoms with Crippen LogP contribution in [0, 0.1) is 0 Å². The molecule has 1 heterocycles. The van der Waals surface area contributed by atoms with Gasteiger partial charge in [-0.25, -0.2) is 4.79 Å². The van der Waals surface area contributed by atoms with Crippen LogP contribution >= 0.6 is 24.8 Å². The molecule has 0 fully saturated rings. The Morgan fingerprint density at radius 2 is 2.15 bits per heavy atom. The molecule has 1 aromatic heterocycles. The summed E-state index contributed by atoms with van der Waals surface area (Å²) in [5, 5.41) is 9.34. The fourth-order valence-corrected chi connectivity index (χ4v) is 1.19. The van der Waals surface area contributed by atoms with Crippen LogP contribution in [0.2, 0.25) is 0 Å². The number of H-pyrrole nitrogens is 1. The highest BCUT2D eigenvalue weighted by Gasteiger charge is 2.13. The van der Waals surface area contributed by atoms with Crippen LogP contribution < -0.4 is 11.2 Å². The monoisotopic (exact) mass is 218 g/mol. The Hall–Kier alpha value is -1.08. The summed E-state index contributed by atoms with van der Waals surface area (Å²) >= 11 is 8.35. The average Bonchev–Trinajstić information content (AvgIpc) is 1.99. The van der Waals surface area contributed by atoms with Gasteiger partial charge in [0.25, 0.3) is 5.56 Å². The molecule has 7 heteroatoms. The van der Waals surface area contributed by atoms with Crippen molar-refractivity contribution in [3.63, 3.8) is 0 Å². The highest BCUT2D eigenvalue weighted by molar-refractivity contribution is 8.11. The van der Waals surface area contributed by atoms with Gasteiger partial charge in [-0.2, -0.15) is 0 Å². The first-order chi connectivity index (χ1) is 5.95. The second-order valence-corrected chi connectivity index (χ2v) is 3.48. The van der Waals surface area contributed by atoms with Gasteiger partial charge in [-0.05, 0) is 0 Å². The Bertz CT molecular complexity index is 474. The number of aromatic nitrogens is 2. The van der Waals surface area contributed by atoms with Crippen LogP contribution in [0.15, 0.2) is 9.59 Å². The van der Waals surface area contributed by atoms with Crippen molar-refractivity contribution in [2.45, 2.75) is 0 Å². The molecule has 0 aromatic carbocycles. The standard InChI is InChI=1S/C6H6N2O3S2/c1-8-4(10)2(5(12)13)3(9)7-6(8)11/h10H,1H3,(H,12,13)(H,7,9,11). The smallest absolute Gasteiger partial charge is 0.330 e. The lowest BCUT2D eigenvalue weighted by atomic mass is 10.3. The Morgan fingerprint density at radius 3 is 2.62 bits per heavy atom. The van der Waals surface area contributed by atoms with E-state index >= 15 is 0 Å². The number of aromatic amines is 1. The molecule has 1 rings (SSSR count). The number of nitrogens with zero attached hydrogens (tertiary/aromatic N) is 1. The molecular formula is C6H6N2O3S2. The van der Waals surface area contributed by atoms with E-state index < -0.39 is 17.1 Å². The summed E-state index contributed by atoms with van der Waals surface area (Å²) < 4.78 is 0.813. The zero-order valence-corrected chi connectivity index (χ0v) is 8.28. The maximum Gasteiger partial charge on any atom is 0.330 e. The third-order valence-electron chi connectivity index (χ3n) is 1.51. The number of nitrogens with one attached hydrogen (secondary N) is 1. The van der Waals surface area contributed by atoms with Crippen molar-refractivity contribution in [2.24, 2.45) is 7.05 Å². The van der Waals surface area contributed by atoms with E-state index in [9.17, 15) is 14.7 Å². The van der Waals surface area contributed by atoms with Gasteiger partial charge in [0.2, 0.25) is 5.88 Å². The normalized spacial score (nSPS) is 10.0. The van der Waals surface area contributed by atoms with Crippen LogP contribution in [0.1, 0.15) is 5.56 Å². The zero-order chi connectivity index (χ0) is 10.2. The van der Waals surface area contributed by atoms with Crippen molar-refractivity contribution in [3.05, 3.63) is 26.4 Å². The summed E-state index contributed by atoms with van der Waals surface area (Å²) in [5.74, 6) is -0.478. The third kappa shape index (κ3) is 1.65. The second kappa shape index (κ2) is 3.35. The minimum atomic E-state index is -0.736. The molecule has 0 saturated carbocycles. The van der Waals surface area contributed by atoms with Crippen molar-refractivity contribution < 1.29 is 5.11 Å². The zero-order valence-electron chi connectivity index (χ0n) is 6.57. The molecule has 0 spiro atoms. The molecule has 70 valence electrons. The maximum absolute atomic E-state index is 11.1. The van der Waals surface area contributed by atoms with Gasteiger partial charge < -0.3 is 5.11 Å². The molecule has 0 aliphatic carbocycles. The van der Waals surface area contributed by atoms with Crippen LogP contribution in [0.25, 0.3) is 0 Å². The van der Waals surface area contributed by atoms with Gasteiger partial charge in [0.05, 0.1) is 4.20 Å². The van der Waals surface area contributed by atoms with Gasteiger partial charge in [0, 0.05) is 7.05 Å². The fraction of sp³-hybridized carbons (Fsp3) is 0.167. The van der Waals surface area contributed by atoms with Crippen molar-refractivity contribution in [3.8, 4) is 5.88 Å². The second-order valence-electron chi connectivity index (χ2n) is 2.32. The van der Waals surface area contributed by atoms with Gasteiger partial charge in [0.15, 0.2) is 0 Å². The van der Waals surface area contributed by atoms with E-state index in [0.29, 0.717) is 0 Å². The molecule has 0 bridgehead atoms. The number of hydrogen-bond acceptors (Lipinski definition) is 4. The predicted octanol–water partition coefficient (Wildman–Crippen LogP) is -0.616. The molecule has 0 atom stereocenters. The van der Waals surface area contributed by atoms with Gasteiger partial charge in [-0.15, -0.1) is 12.6 Å². The molecule has 5 nitrogen and oxygen atoms in total. The topological polar surface area (TPSA) is 75.1 Å². The molecule has 0 saturated heterocycles. The van der Waals surface area contributed by atoms with Gasteiger partial charge >= 0.3 is 5.69 Å². The first kappa shape index (κ1) is 10.0. The maximum atomic E-state index is 11.1. The molecule has 0 aliphatic heterocycles. The minimum Gasteiger partial charge on any atom is -0.494 e. The quantitative estimate of drug-likeness (QED) is 0.434. The largest absolute Gasteiger partial charge is 0.494 e. The summed E-state index contributed by atoms with van der Waals surface area (Å²) in [6.45, 7) is 0. The number of thiocarbonyl (C=S) groups is 1. The molecule has 1 aromatic rings. The van der Waals surface area contributed by atoms with E-state index in [-0.39, 0.29) is 9.76 Å². The van der Waals surface area contributed by atoms with Gasteiger partial charge in [-0.1, -0.05) is 12.2 Å². The summed E-state index contributed by atoms with van der Waals surface area (Å²) in [6, 6.07) is 0. The third-order valence-corrected chi connectivity index (χ3v) is 1.94. The lowest BCUT2D eigenvalue weighted by Gasteiger charge is -2.04. The number of hydrogen-bond donors (Lipinski definition) is 3. The highest BCUT2D eigenvalue weighted by atomic mass is 32.1. The SMILES string of the molecule is Cn1c(O)c(C(=S)S)c(=O)[nH]c1=O. The van der Waals surface area contributed by atoms with Crippen molar-refractivity contribution in [1.29, 1.82) is 0 Å². The van der Waals surface area contributed by atoms with Crippen molar-refractivity contribution >= 4 is 29.0 Å². The van der Waals surface area contributed by atoms with Crippen LogP contribution in [-0.2, 0) is 7.05 Å². The van der Waals surface area contributed by atoms with Crippen LogP contribution in [-0.4, -0.2) is 18.9 Å². The van der Waals surface area contributed by atoms with Crippen LogP contribution in [0.3, 0.4) is 0 Å². The minimum absolute atomic E-state index is 0.0608. The van der Waals surface area contributed by atoms with Crippen molar-refractivity contribution in [1.82, 2.24) is 9.55 Å².